The van der Waals surface area contributed by atoms with Crippen molar-refractivity contribution in [2.24, 2.45) is 0 Å². The fraction of sp³-hybridized carbons (Fsp3) is 0.0588. The molecule has 0 amide bonds. The van der Waals surface area contributed by atoms with Gasteiger partial charge in [-0.05, 0) is 42.3 Å². The van der Waals surface area contributed by atoms with Crippen molar-refractivity contribution in [1.29, 1.82) is 0 Å². The number of benzene rings is 2. The number of aryl methyl sites for hydroxylation is 1. The third-order valence-corrected chi connectivity index (χ3v) is 3.10. The number of halogens is 1. The molecule has 104 valence electrons. The van der Waals surface area contributed by atoms with E-state index in [1.165, 1.54) is 12.1 Å². The summed E-state index contributed by atoms with van der Waals surface area (Å²) >= 11 is 0. The largest absolute Gasteiger partial charge is 0.417 e. The van der Waals surface area contributed by atoms with E-state index in [1.54, 1.807) is 24.3 Å². The van der Waals surface area contributed by atoms with Crippen LogP contribution in [0.3, 0.4) is 0 Å². The van der Waals surface area contributed by atoms with Crippen molar-refractivity contribution in [3.63, 3.8) is 0 Å². The van der Waals surface area contributed by atoms with Gasteiger partial charge >= 0.3 is 0 Å². The van der Waals surface area contributed by atoms with E-state index < -0.39 is 0 Å². The Morgan fingerprint density at radius 3 is 2.48 bits per heavy atom. The van der Waals surface area contributed by atoms with Gasteiger partial charge in [0.25, 0.3) is 0 Å². The van der Waals surface area contributed by atoms with Crippen molar-refractivity contribution in [3.05, 3.63) is 71.4 Å². The first kappa shape index (κ1) is 13.2. The van der Waals surface area contributed by atoms with Gasteiger partial charge in [0.15, 0.2) is 0 Å². The molecule has 0 N–H and O–H groups in total. The lowest BCUT2D eigenvalue weighted by Gasteiger charge is -1.98. The highest BCUT2D eigenvalue weighted by atomic mass is 19.1. The number of rotatable bonds is 3. The van der Waals surface area contributed by atoms with Crippen molar-refractivity contribution in [2.45, 2.75) is 6.92 Å². The standard InChI is InChI=1S/C17H13FN2O/c1-12-4-2-3-5-15(12)17-20-19-16(21-17)11-8-13-6-9-14(18)10-7-13/h2-11H,1H3/b11-8-. The molecule has 0 bridgehead atoms. The molecule has 0 aliphatic rings. The lowest BCUT2D eigenvalue weighted by atomic mass is 10.1. The van der Waals surface area contributed by atoms with Crippen LogP contribution in [0.1, 0.15) is 17.0 Å². The van der Waals surface area contributed by atoms with Crippen LogP contribution in [0.25, 0.3) is 23.6 Å². The summed E-state index contributed by atoms with van der Waals surface area (Å²) in [6.07, 6.45) is 3.51. The Hall–Kier alpha value is -2.75. The van der Waals surface area contributed by atoms with Crippen molar-refractivity contribution in [1.82, 2.24) is 10.2 Å². The zero-order valence-corrected chi connectivity index (χ0v) is 11.5. The zero-order valence-electron chi connectivity index (χ0n) is 11.5. The van der Waals surface area contributed by atoms with E-state index in [1.807, 2.05) is 31.2 Å². The smallest absolute Gasteiger partial charge is 0.248 e. The van der Waals surface area contributed by atoms with Gasteiger partial charge in [0.2, 0.25) is 11.8 Å². The molecule has 0 atom stereocenters. The van der Waals surface area contributed by atoms with Gasteiger partial charge in [0.1, 0.15) is 5.82 Å². The summed E-state index contributed by atoms with van der Waals surface area (Å²) in [5.74, 6) is 0.649. The summed E-state index contributed by atoms with van der Waals surface area (Å²) in [5.41, 5.74) is 2.87. The lowest BCUT2D eigenvalue weighted by molar-refractivity contribution is 0.557. The highest BCUT2D eigenvalue weighted by Gasteiger charge is 2.08. The van der Waals surface area contributed by atoms with Gasteiger partial charge in [0, 0.05) is 11.6 Å². The Kier molecular flexibility index (Phi) is 3.60. The minimum atomic E-state index is -0.258. The molecule has 0 unspecified atom stereocenters. The molecule has 0 aliphatic carbocycles. The van der Waals surface area contributed by atoms with Gasteiger partial charge in [-0.15, -0.1) is 10.2 Å². The monoisotopic (exact) mass is 280 g/mol. The van der Waals surface area contributed by atoms with Gasteiger partial charge in [-0.1, -0.05) is 30.3 Å². The Labute approximate surface area is 121 Å². The Morgan fingerprint density at radius 2 is 1.71 bits per heavy atom. The summed E-state index contributed by atoms with van der Waals surface area (Å²) in [4.78, 5) is 0. The molecular weight excluding hydrogens is 267 g/mol. The number of hydrogen-bond acceptors (Lipinski definition) is 3. The maximum Gasteiger partial charge on any atom is 0.248 e. The van der Waals surface area contributed by atoms with Crippen LogP contribution in [-0.4, -0.2) is 10.2 Å². The van der Waals surface area contributed by atoms with Crippen molar-refractivity contribution in [3.8, 4) is 11.5 Å². The average Bonchev–Trinajstić information content (AvgIpc) is 2.96. The first-order valence-corrected chi connectivity index (χ1v) is 6.55. The van der Waals surface area contributed by atoms with Gasteiger partial charge < -0.3 is 4.42 Å². The molecule has 1 heterocycles. The quantitative estimate of drug-likeness (QED) is 0.715. The van der Waals surface area contributed by atoms with E-state index in [4.69, 9.17) is 4.42 Å². The molecular formula is C17H13FN2O. The normalized spacial score (nSPS) is 11.1. The van der Waals surface area contributed by atoms with Gasteiger partial charge in [0.05, 0.1) is 0 Å². The minimum Gasteiger partial charge on any atom is -0.417 e. The van der Waals surface area contributed by atoms with Crippen LogP contribution >= 0.6 is 0 Å². The summed E-state index contributed by atoms with van der Waals surface area (Å²) in [6, 6.07) is 14.0. The lowest BCUT2D eigenvalue weighted by Crippen LogP contribution is -1.81. The van der Waals surface area contributed by atoms with Crippen molar-refractivity contribution >= 4 is 12.2 Å². The van der Waals surface area contributed by atoms with Crippen LogP contribution < -0.4 is 0 Å². The zero-order chi connectivity index (χ0) is 14.7. The highest BCUT2D eigenvalue weighted by molar-refractivity contribution is 5.66. The van der Waals surface area contributed by atoms with Crippen LogP contribution in [0.15, 0.2) is 52.9 Å². The molecule has 0 aliphatic heterocycles. The SMILES string of the molecule is Cc1ccccc1-c1nnc(/C=C\c2ccc(F)cc2)o1. The van der Waals surface area contributed by atoms with Gasteiger partial charge in [-0.3, -0.25) is 0 Å². The van der Waals surface area contributed by atoms with Crippen LogP contribution in [0.2, 0.25) is 0 Å². The molecule has 0 saturated carbocycles. The van der Waals surface area contributed by atoms with E-state index >= 15 is 0 Å². The first-order chi connectivity index (χ1) is 10.2. The molecule has 21 heavy (non-hydrogen) atoms. The second kappa shape index (κ2) is 5.71. The summed E-state index contributed by atoms with van der Waals surface area (Å²) in [7, 11) is 0. The molecule has 0 fully saturated rings. The second-order valence-corrected chi connectivity index (χ2v) is 4.65. The third kappa shape index (κ3) is 3.05. The minimum absolute atomic E-state index is 0.258. The fourth-order valence-corrected chi connectivity index (χ4v) is 1.97. The molecule has 1 aromatic heterocycles. The molecule has 2 aromatic carbocycles. The van der Waals surface area contributed by atoms with E-state index in [0.717, 1.165) is 16.7 Å². The average molecular weight is 280 g/mol. The summed E-state index contributed by atoms with van der Waals surface area (Å²) < 4.78 is 18.4. The maximum absolute atomic E-state index is 12.8. The van der Waals surface area contributed by atoms with Gasteiger partial charge in [-0.25, -0.2) is 4.39 Å². The predicted molar refractivity (Wildman–Crippen MR) is 79.8 cm³/mol. The summed E-state index contributed by atoms with van der Waals surface area (Å²) in [6.45, 7) is 1.99. The molecule has 0 saturated heterocycles. The van der Waals surface area contributed by atoms with Crippen molar-refractivity contribution < 1.29 is 8.81 Å². The first-order valence-electron chi connectivity index (χ1n) is 6.55. The van der Waals surface area contributed by atoms with E-state index in [2.05, 4.69) is 10.2 Å². The number of hydrogen-bond donors (Lipinski definition) is 0. The predicted octanol–water partition coefficient (Wildman–Crippen LogP) is 4.35. The molecule has 0 radical (unpaired) electrons. The Bertz CT molecular complexity index is 775. The van der Waals surface area contributed by atoms with Crippen LogP contribution in [0, 0.1) is 12.7 Å². The van der Waals surface area contributed by atoms with E-state index in [-0.39, 0.29) is 5.82 Å². The molecule has 0 spiro atoms. The second-order valence-electron chi connectivity index (χ2n) is 4.65. The molecule has 4 heteroatoms. The third-order valence-electron chi connectivity index (χ3n) is 3.10. The maximum atomic E-state index is 12.8. The van der Waals surface area contributed by atoms with Crippen molar-refractivity contribution in [2.75, 3.05) is 0 Å². The van der Waals surface area contributed by atoms with Crippen LogP contribution in [-0.2, 0) is 0 Å². The van der Waals surface area contributed by atoms with E-state index in [0.29, 0.717) is 11.8 Å². The van der Waals surface area contributed by atoms with Crippen LogP contribution in [0.5, 0.6) is 0 Å². The Balaban J connectivity index is 1.82. The topological polar surface area (TPSA) is 38.9 Å². The fourth-order valence-electron chi connectivity index (χ4n) is 1.97. The molecule has 3 aromatic rings. The van der Waals surface area contributed by atoms with E-state index in [9.17, 15) is 4.39 Å². The van der Waals surface area contributed by atoms with Crippen LogP contribution in [0.4, 0.5) is 4.39 Å². The highest BCUT2D eigenvalue weighted by Crippen LogP contribution is 2.22. The number of nitrogens with zero attached hydrogens (tertiary/aromatic N) is 2. The molecule has 3 rings (SSSR count). The Morgan fingerprint density at radius 1 is 0.952 bits per heavy atom. The van der Waals surface area contributed by atoms with Gasteiger partial charge in [-0.2, -0.15) is 0 Å². The molecule has 3 nitrogen and oxygen atoms in total. The summed E-state index contributed by atoms with van der Waals surface area (Å²) in [5, 5.41) is 8.03. The number of aromatic nitrogens is 2.